The molecule has 0 aliphatic carbocycles. The van der Waals surface area contributed by atoms with E-state index in [9.17, 15) is 5.26 Å². The van der Waals surface area contributed by atoms with E-state index >= 15 is 0 Å². The van der Waals surface area contributed by atoms with E-state index in [1.807, 2.05) is 67.6 Å². The van der Waals surface area contributed by atoms with E-state index in [0.717, 1.165) is 16.7 Å². The van der Waals surface area contributed by atoms with Crippen molar-refractivity contribution in [2.24, 2.45) is 0 Å². The summed E-state index contributed by atoms with van der Waals surface area (Å²) in [5, 5.41) is 9.46. The monoisotopic (exact) mass is 263 g/mol. The molecule has 2 nitrogen and oxygen atoms in total. The number of nitrogens with zero attached hydrogens (tertiary/aromatic N) is 1. The molecule has 20 heavy (non-hydrogen) atoms. The standard InChI is InChI=1S/C18H17NO/c1-2-20-14-17(13-19)18(15-9-5-3-6-10-15)16-11-7-4-8-12-16/h3-12H,2,14H2,1H3. The zero-order chi connectivity index (χ0) is 14.2. The van der Waals surface area contributed by atoms with E-state index in [1.54, 1.807) is 0 Å². The quantitative estimate of drug-likeness (QED) is 0.762. The van der Waals surface area contributed by atoms with Crippen molar-refractivity contribution in [2.75, 3.05) is 13.2 Å². The molecule has 0 unspecified atom stereocenters. The minimum absolute atomic E-state index is 0.339. The van der Waals surface area contributed by atoms with Crippen molar-refractivity contribution < 1.29 is 4.74 Å². The smallest absolute Gasteiger partial charge is 0.0978 e. The van der Waals surface area contributed by atoms with Crippen molar-refractivity contribution >= 4 is 5.57 Å². The summed E-state index contributed by atoms with van der Waals surface area (Å²) >= 11 is 0. The fourth-order valence-corrected chi connectivity index (χ4v) is 2.09. The van der Waals surface area contributed by atoms with Gasteiger partial charge in [-0.15, -0.1) is 0 Å². The van der Waals surface area contributed by atoms with Crippen molar-refractivity contribution in [3.8, 4) is 6.07 Å². The molecule has 0 aliphatic heterocycles. The van der Waals surface area contributed by atoms with E-state index in [0.29, 0.717) is 18.8 Å². The lowest BCUT2D eigenvalue weighted by molar-refractivity contribution is 0.173. The molecule has 0 fully saturated rings. The molecular weight excluding hydrogens is 246 g/mol. The van der Waals surface area contributed by atoms with Crippen LogP contribution in [0.3, 0.4) is 0 Å². The fourth-order valence-electron chi connectivity index (χ4n) is 2.09. The van der Waals surface area contributed by atoms with Crippen LogP contribution in [0.5, 0.6) is 0 Å². The second-order valence-corrected chi connectivity index (χ2v) is 4.33. The third-order valence-electron chi connectivity index (χ3n) is 3.01. The molecule has 0 aromatic heterocycles. The Balaban J connectivity index is 2.55. The molecule has 0 saturated carbocycles. The summed E-state index contributed by atoms with van der Waals surface area (Å²) in [6, 6.07) is 22.2. The highest BCUT2D eigenvalue weighted by molar-refractivity contribution is 5.84. The topological polar surface area (TPSA) is 33.0 Å². The van der Waals surface area contributed by atoms with Gasteiger partial charge in [-0.25, -0.2) is 0 Å². The lowest BCUT2D eigenvalue weighted by atomic mass is 9.94. The largest absolute Gasteiger partial charge is 0.376 e. The van der Waals surface area contributed by atoms with Crippen molar-refractivity contribution in [1.29, 1.82) is 5.26 Å². The number of nitriles is 1. The van der Waals surface area contributed by atoms with Crippen LogP contribution < -0.4 is 0 Å². The van der Waals surface area contributed by atoms with Gasteiger partial charge in [0.15, 0.2) is 0 Å². The van der Waals surface area contributed by atoms with Gasteiger partial charge in [-0.2, -0.15) is 5.26 Å². The van der Waals surface area contributed by atoms with E-state index in [2.05, 4.69) is 6.07 Å². The van der Waals surface area contributed by atoms with Gasteiger partial charge in [-0.1, -0.05) is 60.7 Å². The summed E-state index contributed by atoms with van der Waals surface area (Å²) in [4.78, 5) is 0. The molecule has 0 aliphatic rings. The van der Waals surface area contributed by atoms with Crippen LogP contribution in [0.4, 0.5) is 0 Å². The maximum absolute atomic E-state index is 9.46. The maximum atomic E-state index is 9.46. The number of benzene rings is 2. The Bertz CT molecular complexity index is 567. The van der Waals surface area contributed by atoms with Crippen LogP contribution in [0.25, 0.3) is 5.57 Å². The van der Waals surface area contributed by atoms with Crippen LogP contribution in [0.15, 0.2) is 66.2 Å². The summed E-state index contributed by atoms with van der Waals surface area (Å²) in [7, 11) is 0. The first-order chi connectivity index (χ1) is 9.86. The molecule has 0 spiro atoms. The molecule has 0 N–H and O–H groups in total. The average molecular weight is 263 g/mol. The molecule has 0 amide bonds. The SMILES string of the molecule is CCOCC(C#N)=C(c1ccccc1)c1ccccc1. The van der Waals surface area contributed by atoms with Crippen molar-refractivity contribution in [3.05, 3.63) is 77.4 Å². The van der Waals surface area contributed by atoms with Crippen LogP contribution in [-0.2, 0) is 4.74 Å². The zero-order valence-corrected chi connectivity index (χ0v) is 11.5. The number of hydrogen-bond acceptors (Lipinski definition) is 2. The fraction of sp³-hybridized carbons (Fsp3) is 0.167. The highest BCUT2D eigenvalue weighted by atomic mass is 16.5. The van der Waals surface area contributed by atoms with Crippen molar-refractivity contribution in [1.82, 2.24) is 0 Å². The van der Waals surface area contributed by atoms with Gasteiger partial charge in [-0.3, -0.25) is 0 Å². The van der Waals surface area contributed by atoms with Crippen molar-refractivity contribution in [2.45, 2.75) is 6.92 Å². The summed E-state index contributed by atoms with van der Waals surface area (Å²) in [6.07, 6.45) is 0. The summed E-state index contributed by atoms with van der Waals surface area (Å²) in [6.45, 7) is 2.87. The van der Waals surface area contributed by atoms with E-state index in [1.165, 1.54) is 0 Å². The molecule has 0 atom stereocenters. The Morgan fingerprint density at radius 1 is 0.950 bits per heavy atom. The highest BCUT2D eigenvalue weighted by Crippen LogP contribution is 2.26. The van der Waals surface area contributed by atoms with E-state index < -0.39 is 0 Å². The van der Waals surface area contributed by atoms with Gasteiger partial charge in [0.1, 0.15) is 0 Å². The maximum Gasteiger partial charge on any atom is 0.0978 e. The number of ether oxygens (including phenoxy) is 1. The van der Waals surface area contributed by atoms with Gasteiger partial charge in [0.25, 0.3) is 0 Å². The lowest BCUT2D eigenvalue weighted by Gasteiger charge is -2.12. The predicted octanol–water partition coefficient (Wildman–Crippen LogP) is 4.05. The summed E-state index contributed by atoms with van der Waals surface area (Å²) in [5.41, 5.74) is 3.68. The first kappa shape index (κ1) is 14.0. The van der Waals surface area contributed by atoms with E-state index in [4.69, 9.17) is 4.74 Å². The Hall–Kier alpha value is -2.37. The van der Waals surface area contributed by atoms with Crippen molar-refractivity contribution in [3.63, 3.8) is 0 Å². The minimum Gasteiger partial charge on any atom is -0.376 e. The Kier molecular flexibility index (Phi) is 5.11. The second-order valence-electron chi connectivity index (χ2n) is 4.33. The average Bonchev–Trinajstić information content (AvgIpc) is 2.53. The summed E-state index contributed by atoms with van der Waals surface area (Å²) in [5.74, 6) is 0. The van der Waals surface area contributed by atoms with Crippen LogP contribution in [-0.4, -0.2) is 13.2 Å². The van der Waals surface area contributed by atoms with Gasteiger partial charge in [0, 0.05) is 12.2 Å². The van der Waals surface area contributed by atoms with Crippen LogP contribution >= 0.6 is 0 Å². The van der Waals surface area contributed by atoms with Crippen LogP contribution in [0.1, 0.15) is 18.1 Å². The van der Waals surface area contributed by atoms with Crippen LogP contribution in [0, 0.1) is 11.3 Å². The Morgan fingerprint density at radius 2 is 1.45 bits per heavy atom. The summed E-state index contributed by atoms with van der Waals surface area (Å²) < 4.78 is 5.43. The third-order valence-corrected chi connectivity index (χ3v) is 3.01. The minimum atomic E-state index is 0.339. The lowest BCUT2D eigenvalue weighted by Crippen LogP contribution is -2.01. The molecule has 2 rings (SSSR count). The Morgan fingerprint density at radius 3 is 1.85 bits per heavy atom. The first-order valence-corrected chi connectivity index (χ1v) is 6.68. The Labute approximate surface area is 119 Å². The molecule has 0 heterocycles. The molecular formula is C18H17NO. The van der Waals surface area contributed by atoms with E-state index in [-0.39, 0.29) is 0 Å². The van der Waals surface area contributed by atoms with Crippen LogP contribution in [0.2, 0.25) is 0 Å². The van der Waals surface area contributed by atoms with Gasteiger partial charge in [0.2, 0.25) is 0 Å². The number of rotatable bonds is 5. The first-order valence-electron chi connectivity index (χ1n) is 6.68. The molecule has 2 aromatic rings. The van der Waals surface area contributed by atoms with Gasteiger partial charge >= 0.3 is 0 Å². The second kappa shape index (κ2) is 7.28. The number of hydrogen-bond donors (Lipinski definition) is 0. The predicted molar refractivity (Wildman–Crippen MR) is 81.0 cm³/mol. The molecule has 2 heteroatoms. The van der Waals surface area contributed by atoms with Gasteiger partial charge < -0.3 is 4.74 Å². The molecule has 0 bridgehead atoms. The molecule has 2 aromatic carbocycles. The molecule has 0 radical (unpaired) electrons. The third kappa shape index (κ3) is 3.34. The molecule has 100 valence electrons. The highest BCUT2D eigenvalue weighted by Gasteiger charge is 2.11. The van der Waals surface area contributed by atoms with Gasteiger partial charge in [0.05, 0.1) is 18.2 Å². The van der Waals surface area contributed by atoms with Gasteiger partial charge in [-0.05, 0) is 18.1 Å². The normalized spacial score (nSPS) is 9.80. The zero-order valence-electron chi connectivity index (χ0n) is 11.5. The molecule has 0 saturated heterocycles.